The molecule has 3 heterocycles. The molecule has 0 radical (unpaired) electrons. The van der Waals surface area contributed by atoms with Gasteiger partial charge in [0.25, 0.3) is 0 Å². The molecule has 1 N–H and O–H groups in total. The summed E-state index contributed by atoms with van der Waals surface area (Å²) in [6.07, 6.45) is 2.08. The van der Waals surface area contributed by atoms with Crippen molar-refractivity contribution in [2.24, 2.45) is 0 Å². The number of carbonyl (C=O) groups excluding carboxylic acids is 1. The van der Waals surface area contributed by atoms with E-state index in [1.807, 2.05) is 6.07 Å². The Morgan fingerprint density at radius 1 is 1.11 bits per heavy atom. The first-order chi connectivity index (χ1) is 13.7. The van der Waals surface area contributed by atoms with Crippen molar-refractivity contribution in [3.05, 3.63) is 65.7 Å². The van der Waals surface area contributed by atoms with E-state index < -0.39 is 0 Å². The average molecular weight is 395 g/mol. The number of pyridine rings is 1. The number of amides is 1. The van der Waals surface area contributed by atoms with Crippen LogP contribution in [0.3, 0.4) is 0 Å². The second kappa shape index (κ2) is 8.05. The van der Waals surface area contributed by atoms with Crippen LogP contribution in [0.5, 0.6) is 0 Å². The molecule has 0 fully saturated rings. The fraction of sp³-hybridized carbons (Fsp3) is 0.105. The van der Waals surface area contributed by atoms with Crippen molar-refractivity contribution in [3.63, 3.8) is 0 Å². The van der Waals surface area contributed by atoms with Crippen molar-refractivity contribution in [2.75, 3.05) is 5.32 Å². The summed E-state index contributed by atoms with van der Waals surface area (Å²) in [6, 6.07) is 11.8. The van der Waals surface area contributed by atoms with Gasteiger partial charge >= 0.3 is 0 Å². The monoisotopic (exact) mass is 395 g/mol. The molecule has 1 amide bonds. The molecule has 0 bridgehead atoms. The van der Waals surface area contributed by atoms with Crippen LogP contribution in [-0.2, 0) is 11.2 Å². The summed E-state index contributed by atoms with van der Waals surface area (Å²) >= 11 is 1.24. The molecule has 9 heteroatoms. The van der Waals surface area contributed by atoms with Crippen molar-refractivity contribution in [2.45, 2.75) is 12.8 Å². The Morgan fingerprint density at radius 2 is 1.96 bits per heavy atom. The Kier molecular flexibility index (Phi) is 5.16. The number of rotatable bonds is 6. The highest BCUT2D eigenvalue weighted by molar-refractivity contribution is 7.14. The van der Waals surface area contributed by atoms with Gasteiger partial charge in [-0.15, -0.1) is 11.3 Å². The van der Waals surface area contributed by atoms with Crippen LogP contribution in [0.15, 0.2) is 58.6 Å². The molecule has 0 unspecified atom stereocenters. The first-order valence-electron chi connectivity index (χ1n) is 8.43. The minimum Gasteiger partial charge on any atom is -0.339 e. The van der Waals surface area contributed by atoms with E-state index in [0.29, 0.717) is 33.8 Å². The normalized spacial score (nSPS) is 10.8. The fourth-order valence-corrected chi connectivity index (χ4v) is 3.21. The van der Waals surface area contributed by atoms with Gasteiger partial charge in [0.15, 0.2) is 5.13 Å². The number of aromatic nitrogens is 4. The zero-order valence-electron chi connectivity index (χ0n) is 14.5. The maximum absolute atomic E-state index is 13.8. The first-order valence-corrected chi connectivity index (χ1v) is 9.31. The largest absolute Gasteiger partial charge is 0.339 e. The predicted octanol–water partition coefficient (Wildman–Crippen LogP) is 3.97. The highest BCUT2D eigenvalue weighted by Gasteiger charge is 2.13. The van der Waals surface area contributed by atoms with E-state index in [1.54, 1.807) is 41.9 Å². The Labute approximate surface area is 163 Å². The lowest BCUT2D eigenvalue weighted by molar-refractivity contribution is -0.116. The highest BCUT2D eigenvalue weighted by atomic mass is 32.1. The van der Waals surface area contributed by atoms with Crippen LogP contribution in [0.25, 0.3) is 22.8 Å². The number of carbonyl (C=O) groups is 1. The molecule has 140 valence electrons. The topological polar surface area (TPSA) is 93.8 Å². The fourth-order valence-electron chi connectivity index (χ4n) is 2.48. The van der Waals surface area contributed by atoms with Gasteiger partial charge in [0.1, 0.15) is 11.5 Å². The SMILES string of the molecule is O=C(CCc1nc(-c2ccccn2)no1)Nc1nc(-c2ccccc2F)cs1. The molecule has 1 aromatic carbocycles. The number of nitrogens with zero attached hydrogens (tertiary/aromatic N) is 4. The summed E-state index contributed by atoms with van der Waals surface area (Å²) < 4.78 is 19.0. The lowest BCUT2D eigenvalue weighted by Gasteiger charge is -2.00. The first kappa shape index (κ1) is 17.9. The number of anilines is 1. The Balaban J connectivity index is 1.34. The number of benzene rings is 1. The van der Waals surface area contributed by atoms with Gasteiger partial charge < -0.3 is 9.84 Å². The third-order valence-electron chi connectivity index (χ3n) is 3.83. The molecule has 4 aromatic rings. The Morgan fingerprint density at radius 3 is 2.79 bits per heavy atom. The quantitative estimate of drug-likeness (QED) is 0.531. The lowest BCUT2D eigenvalue weighted by Crippen LogP contribution is -2.12. The van der Waals surface area contributed by atoms with Gasteiger partial charge in [-0.2, -0.15) is 4.98 Å². The van der Waals surface area contributed by atoms with E-state index >= 15 is 0 Å². The van der Waals surface area contributed by atoms with Gasteiger partial charge in [-0.1, -0.05) is 23.4 Å². The van der Waals surface area contributed by atoms with E-state index in [4.69, 9.17) is 4.52 Å². The summed E-state index contributed by atoms with van der Waals surface area (Å²) in [4.78, 5) is 24.8. The third kappa shape index (κ3) is 4.09. The number of halogens is 1. The zero-order chi connectivity index (χ0) is 19.3. The zero-order valence-corrected chi connectivity index (χ0v) is 15.3. The Hall–Kier alpha value is -3.46. The van der Waals surface area contributed by atoms with Gasteiger partial charge in [0.2, 0.25) is 17.6 Å². The standard InChI is InChI=1S/C19H14FN5O2S/c20-13-6-2-1-5-12(13)15-11-28-19(22-15)23-16(26)8-9-17-24-18(25-27-17)14-7-3-4-10-21-14/h1-7,10-11H,8-9H2,(H,22,23,26). The van der Waals surface area contributed by atoms with Gasteiger partial charge in [-0.3, -0.25) is 9.78 Å². The summed E-state index contributed by atoms with van der Waals surface area (Å²) in [7, 11) is 0. The molecule has 0 saturated carbocycles. The average Bonchev–Trinajstić information content (AvgIpc) is 3.37. The smallest absolute Gasteiger partial charge is 0.227 e. The van der Waals surface area contributed by atoms with Crippen molar-refractivity contribution in [1.82, 2.24) is 20.1 Å². The second-order valence-corrected chi connectivity index (χ2v) is 6.65. The van der Waals surface area contributed by atoms with Crippen LogP contribution in [-0.4, -0.2) is 26.0 Å². The summed E-state index contributed by atoms with van der Waals surface area (Å²) in [5, 5.41) is 8.68. The maximum Gasteiger partial charge on any atom is 0.227 e. The van der Waals surface area contributed by atoms with Gasteiger partial charge in [0, 0.05) is 30.0 Å². The summed E-state index contributed by atoms with van der Waals surface area (Å²) in [5.41, 5.74) is 1.48. The third-order valence-corrected chi connectivity index (χ3v) is 4.59. The molecule has 0 atom stereocenters. The van der Waals surface area contributed by atoms with Crippen LogP contribution in [0.2, 0.25) is 0 Å². The highest BCUT2D eigenvalue weighted by Crippen LogP contribution is 2.26. The van der Waals surface area contributed by atoms with Crippen LogP contribution < -0.4 is 5.32 Å². The molecule has 0 aliphatic carbocycles. The van der Waals surface area contributed by atoms with Gasteiger partial charge in [-0.25, -0.2) is 9.37 Å². The van der Waals surface area contributed by atoms with E-state index in [-0.39, 0.29) is 24.6 Å². The minimum absolute atomic E-state index is 0.151. The van der Waals surface area contributed by atoms with Crippen molar-refractivity contribution in [3.8, 4) is 22.8 Å². The van der Waals surface area contributed by atoms with Gasteiger partial charge in [0.05, 0.1) is 5.69 Å². The number of hydrogen-bond acceptors (Lipinski definition) is 7. The molecule has 4 rings (SSSR count). The molecule has 7 nitrogen and oxygen atoms in total. The van der Waals surface area contributed by atoms with Crippen LogP contribution in [0, 0.1) is 5.82 Å². The van der Waals surface area contributed by atoms with Crippen LogP contribution >= 0.6 is 11.3 Å². The van der Waals surface area contributed by atoms with Crippen molar-refractivity contribution < 1.29 is 13.7 Å². The van der Waals surface area contributed by atoms with Gasteiger partial charge in [-0.05, 0) is 24.3 Å². The van der Waals surface area contributed by atoms with Crippen molar-refractivity contribution >= 4 is 22.4 Å². The molecule has 0 saturated heterocycles. The van der Waals surface area contributed by atoms with Crippen LogP contribution in [0.1, 0.15) is 12.3 Å². The molecular formula is C19H14FN5O2S. The van der Waals surface area contributed by atoms with E-state index in [0.717, 1.165) is 0 Å². The molecule has 0 spiro atoms. The van der Waals surface area contributed by atoms with Crippen LogP contribution in [0.4, 0.5) is 9.52 Å². The predicted molar refractivity (Wildman–Crippen MR) is 102 cm³/mol. The summed E-state index contributed by atoms with van der Waals surface area (Å²) in [6.45, 7) is 0. The molecule has 0 aliphatic rings. The van der Waals surface area contributed by atoms with Crippen molar-refractivity contribution in [1.29, 1.82) is 0 Å². The van der Waals surface area contributed by atoms with E-state index in [1.165, 1.54) is 17.4 Å². The second-order valence-electron chi connectivity index (χ2n) is 5.79. The van der Waals surface area contributed by atoms with E-state index in [2.05, 4.69) is 25.4 Å². The molecule has 3 aromatic heterocycles. The molecule has 28 heavy (non-hydrogen) atoms. The number of hydrogen-bond donors (Lipinski definition) is 1. The lowest BCUT2D eigenvalue weighted by atomic mass is 10.2. The summed E-state index contributed by atoms with van der Waals surface area (Å²) in [5.74, 6) is 0.130. The Bertz CT molecular complexity index is 1100. The maximum atomic E-state index is 13.8. The molecule has 0 aliphatic heterocycles. The number of nitrogens with one attached hydrogen (secondary N) is 1. The molecular weight excluding hydrogens is 381 g/mol. The number of aryl methyl sites for hydroxylation is 1. The minimum atomic E-state index is -0.356. The number of thiazole rings is 1. The van der Waals surface area contributed by atoms with E-state index in [9.17, 15) is 9.18 Å².